The van der Waals surface area contributed by atoms with E-state index in [9.17, 15) is 34.8 Å². The molecule has 3 rings (SSSR count). The fraction of sp³-hybridized carbons (Fsp3) is 0.409. The molecule has 1 aliphatic carbocycles. The van der Waals surface area contributed by atoms with Gasteiger partial charge >= 0.3 is 0 Å². The summed E-state index contributed by atoms with van der Waals surface area (Å²) in [4.78, 5) is 38.0. The standard InChI is InChI=1S/C22H27N3O7S/c23-20(30)15(8-12-3-5-13(26)6-4-12)25-21(31)22(32)10-16(19(29)17(27)11-22)24-18(28)9-14-2-1-7-33-14/h1-7,15-17,19,26-27,29,32H,8-11H2,(H2,23,30)(H,24,28)(H,25,31). The Balaban J connectivity index is 1.68. The Bertz CT molecular complexity index is 982. The van der Waals surface area contributed by atoms with Crippen LogP contribution < -0.4 is 16.4 Å². The highest BCUT2D eigenvalue weighted by atomic mass is 32.1. The minimum Gasteiger partial charge on any atom is -0.508 e. The van der Waals surface area contributed by atoms with Crippen molar-refractivity contribution in [2.75, 3.05) is 0 Å². The Hall–Kier alpha value is -2.99. The van der Waals surface area contributed by atoms with Crippen LogP contribution in [0.25, 0.3) is 0 Å². The Morgan fingerprint density at radius 1 is 1.15 bits per heavy atom. The van der Waals surface area contributed by atoms with Gasteiger partial charge in [-0.3, -0.25) is 14.4 Å². The van der Waals surface area contributed by atoms with Gasteiger partial charge in [-0.2, -0.15) is 0 Å². The van der Waals surface area contributed by atoms with Crippen LogP contribution in [-0.2, 0) is 27.2 Å². The number of hydrogen-bond acceptors (Lipinski definition) is 8. The number of carbonyl (C=O) groups excluding carboxylic acids is 3. The van der Waals surface area contributed by atoms with Crippen molar-refractivity contribution < 1.29 is 34.8 Å². The predicted molar refractivity (Wildman–Crippen MR) is 119 cm³/mol. The van der Waals surface area contributed by atoms with Crippen LogP contribution in [0, 0.1) is 0 Å². The maximum Gasteiger partial charge on any atom is 0.252 e. The largest absolute Gasteiger partial charge is 0.508 e. The summed E-state index contributed by atoms with van der Waals surface area (Å²) in [5, 5.41) is 47.7. The molecule has 1 aromatic carbocycles. The van der Waals surface area contributed by atoms with Crippen molar-refractivity contribution in [1.29, 1.82) is 0 Å². The predicted octanol–water partition coefficient (Wildman–Crippen LogP) is -1.06. The number of amides is 3. The lowest BCUT2D eigenvalue weighted by Crippen LogP contribution is -2.64. The van der Waals surface area contributed by atoms with Gasteiger partial charge in [0.25, 0.3) is 5.91 Å². The lowest BCUT2D eigenvalue weighted by atomic mass is 9.77. The summed E-state index contributed by atoms with van der Waals surface area (Å²) < 4.78 is 0. The average molecular weight is 478 g/mol. The van der Waals surface area contributed by atoms with Crippen molar-refractivity contribution >= 4 is 29.1 Å². The smallest absolute Gasteiger partial charge is 0.252 e. The molecule has 1 heterocycles. The van der Waals surface area contributed by atoms with Crippen molar-refractivity contribution in [1.82, 2.24) is 10.6 Å². The Morgan fingerprint density at radius 3 is 2.45 bits per heavy atom. The number of nitrogens with one attached hydrogen (secondary N) is 2. The molecule has 178 valence electrons. The van der Waals surface area contributed by atoms with E-state index in [1.54, 1.807) is 24.3 Å². The lowest BCUT2D eigenvalue weighted by molar-refractivity contribution is -0.160. The average Bonchev–Trinajstić information content (AvgIpc) is 3.25. The van der Waals surface area contributed by atoms with Gasteiger partial charge in [0.1, 0.15) is 23.5 Å². The number of primary amides is 1. The first-order chi connectivity index (χ1) is 15.6. The van der Waals surface area contributed by atoms with Gasteiger partial charge in [-0.05, 0) is 29.1 Å². The highest BCUT2D eigenvalue weighted by Gasteiger charge is 2.49. The number of thiophene rings is 1. The van der Waals surface area contributed by atoms with Crippen molar-refractivity contribution in [2.45, 2.75) is 55.6 Å². The third-order valence-electron chi connectivity index (χ3n) is 5.62. The van der Waals surface area contributed by atoms with E-state index in [4.69, 9.17) is 5.73 Å². The first-order valence-electron chi connectivity index (χ1n) is 10.4. The molecule has 3 amide bonds. The second-order valence-corrected chi connectivity index (χ2v) is 9.26. The van der Waals surface area contributed by atoms with Gasteiger partial charge in [-0.1, -0.05) is 18.2 Å². The third-order valence-corrected chi connectivity index (χ3v) is 6.50. The van der Waals surface area contributed by atoms with E-state index in [0.717, 1.165) is 4.88 Å². The van der Waals surface area contributed by atoms with E-state index >= 15 is 0 Å². The molecule has 11 heteroatoms. The molecule has 1 aliphatic rings. The number of aromatic hydroxyl groups is 1. The molecule has 0 aliphatic heterocycles. The zero-order valence-electron chi connectivity index (χ0n) is 17.7. The Morgan fingerprint density at radius 2 is 1.85 bits per heavy atom. The van der Waals surface area contributed by atoms with Crippen LogP contribution in [0.3, 0.4) is 0 Å². The summed E-state index contributed by atoms with van der Waals surface area (Å²) >= 11 is 1.39. The van der Waals surface area contributed by atoms with E-state index in [1.165, 1.54) is 23.5 Å². The van der Waals surface area contributed by atoms with E-state index < -0.39 is 54.0 Å². The van der Waals surface area contributed by atoms with Crippen molar-refractivity contribution in [3.8, 4) is 5.75 Å². The van der Waals surface area contributed by atoms with E-state index in [-0.39, 0.29) is 25.0 Å². The first kappa shape index (κ1) is 24.6. The molecule has 0 radical (unpaired) electrons. The van der Waals surface area contributed by atoms with Crippen molar-refractivity contribution in [3.63, 3.8) is 0 Å². The minimum absolute atomic E-state index is 0.0175. The van der Waals surface area contributed by atoms with Gasteiger partial charge in [0.15, 0.2) is 0 Å². The molecule has 0 spiro atoms. The van der Waals surface area contributed by atoms with Crippen LogP contribution in [0.2, 0.25) is 0 Å². The third kappa shape index (κ3) is 6.29. The van der Waals surface area contributed by atoms with E-state index in [2.05, 4.69) is 10.6 Å². The quantitative estimate of drug-likeness (QED) is 0.253. The van der Waals surface area contributed by atoms with Gasteiger partial charge in [0.2, 0.25) is 11.8 Å². The maximum atomic E-state index is 12.9. The number of carbonyl (C=O) groups is 3. The van der Waals surface area contributed by atoms with Crippen LogP contribution in [0.15, 0.2) is 41.8 Å². The summed E-state index contributed by atoms with van der Waals surface area (Å²) in [6.45, 7) is 0. The fourth-order valence-corrected chi connectivity index (χ4v) is 4.54. The molecule has 0 bridgehead atoms. The molecular formula is C22H27N3O7S. The Labute approximate surface area is 194 Å². The molecule has 0 saturated heterocycles. The van der Waals surface area contributed by atoms with Crippen molar-refractivity contribution in [3.05, 3.63) is 52.2 Å². The SMILES string of the molecule is NC(=O)C(Cc1ccc(O)cc1)NC(=O)C1(O)CC(O)C(O)C(NC(=O)Cc2cccs2)C1. The van der Waals surface area contributed by atoms with Gasteiger partial charge < -0.3 is 36.8 Å². The highest BCUT2D eigenvalue weighted by molar-refractivity contribution is 7.10. The van der Waals surface area contributed by atoms with Crippen LogP contribution >= 0.6 is 11.3 Å². The van der Waals surface area contributed by atoms with Gasteiger partial charge in [0.05, 0.1) is 18.6 Å². The van der Waals surface area contributed by atoms with Gasteiger partial charge in [-0.15, -0.1) is 11.3 Å². The monoisotopic (exact) mass is 477 g/mol. The summed E-state index contributed by atoms with van der Waals surface area (Å²) in [6, 6.07) is 7.29. The lowest BCUT2D eigenvalue weighted by Gasteiger charge is -2.41. The number of benzene rings is 1. The zero-order valence-corrected chi connectivity index (χ0v) is 18.5. The number of hydrogen-bond donors (Lipinski definition) is 7. The van der Waals surface area contributed by atoms with Gasteiger partial charge in [0, 0.05) is 24.1 Å². The number of aliphatic hydroxyl groups is 3. The molecule has 10 nitrogen and oxygen atoms in total. The molecule has 1 saturated carbocycles. The molecule has 5 atom stereocenters. The van der Waals surface area contributed by atoms with Gasteiger partial charge in [-0.25, -0.2) is 0 Å². The number of aliphatic hydroxyl groups excluding tert-OH is 2. The van der Waals surface area contributed by atoms with Crippen LogP contribution in [-0.4, -0.2) is 68.0 Å². The normalized spacial score (nSPS) is 25.7. The minimum atomic E-state index is -2.15. The number of nitrogens with two attached hydrogens (primary N) is 1. The summed E-state index contributed by atoms with van der Waals surface area (Å²) in [7, 11) is 0. The maximum absolute atomic E-state index is 12.9. The van der Waals surface area contributed by atoms with Crippen LogP contribution in [0.5, 0.6) is 5.75 Å². The highest BCUT2D eigenvalue weighted by Crippen LogP contribution is 2.30. The zero-order chi connectivity index (χ0) is 24.2. The topological polar surface area (TPSA) is 182 Å². The molecule has 1 fully saturated rings. The number of phenolic OH excluding ortho intramolecular Hbond substituents is 1. The fourth-order valence-electron chi connectivity index (χ4n) is 3.84. The molecular weight excluding hydrogens is 450 g/mol. The second-order valence-electron chi connectivity index (χ2n) is 8.23. The van der Waals surface area contributed by atoms with Crippen LogP contribution in [0.1, 0.15) is 23.3 Å². The summed E-state index contributed by atoms with van der Waals surface area (Å²) in [5.74, 6) is -2.18. The van der Waals surface area contributed by atoms with E-state index in [1.807, 2.05) is 5.38 Å². The molecule has 2 aromatic rings. The molecule has 8 N–H and O–H groups in total. The summed E-state index contributed by atoms with van der Waals surface area (Å²) in [6.07, 6.45) is -3.64. The molecule has 33 heavy (non-hydrogen) atoms. The van der Waals surface area contributed by atoms with Crippen molar-refractivity contribution in [2.24, 2.45) is 5.73 Å². The second kappa shape index (κ2) is 10.3. The van der Waals surface area contributed by atoms with Crippen LogP contribution in [0.4, 0.5) is 0 Å². The van der Waals surface area contributed by atoms with E-state index in [0.29, 0.717) is 5.56 Å². The number of phenols is 1. The molecule has 1 aromatic heterocycles. The number of rotatable bonds is 8. The first-order valence-corrected chi connectivity index (χ1v) is 11.2. The summed E-state index contributed by atoms with van der Waals surface area (Å²) in [5.41, 5.74) is 3.87. The molecule has 5 unspecified atom stereocenters. The Kier molecular flexibility index (Phi) is 7.69.